The van der Waals surface area contributed by atoms with Gasteiger partial charge >= 0.3 is 0 Å². The predicted molar refractivity (Wildman–Crippen MR) is 69.7 cm³/mol. The number of nitrogens with one attached hydrogen (secondary N) is 1. The summed E-state index contributed by atoms with van der Waals surface area (Å²) in [5, 5.41) is 6.86. The first kappa shape index (κ1) is 12.1. The van der Waals surface area contributed by atoms with Crippen LogP contribution in [0.1, 0.15) is 49.2 Å². The van der Waals surface area contributed by atoms with Crippen LogP contribution in [-0.2, 0) is 6.54 Å². The summed E-state index contributed by atoms with van der Waals surface area (Å²) in [5.74, 6) is 0.985. The molecule has 1 heterocycles. The molecule has 0 amide bonds. The molecular formula is C13H22N2S. The number of hydrogen-bond acceptors (Lipinski definition) is 3. The second-order valence-electron chi connectivity index (χ2n) is 4.85. The lowest BCUT2D eigenvalue weighted by Gasteiger charge is -2.21. The molecule has 0 aromatic carbocycles. The summed E-state index contributed by atoms with van der Waals surface area (Å²) in [6, 6.07) is 0. The van der Waals surface area contributed by atoms with Gasteiger partial charge in [-0.2, -0.15) is 0 Å². The Balaban J connectivity index is 1.57. The summed E-state index contributed by atoms with van der Waals surface area (Å²) in [5.41, 5.74) is 1.15. The van der Waals surface area contributed by atoms with E-state index in [9.17, 15) is 0 Å². The van der Waals surface area contributed by atoms with Crippen LogP contribution in [0, 0.1) is 12.8 Å². The van der Waals surface area contributed by atoms with Gasteiger partial charge in [0.15, 0.2) is 0 Å². The Labute approximate surface area is 102 Å². The maximum absolute atomic E-state index is 4.45. The molecule has 1 aliphatic carbocycles. The topological polar surface area (TPSA) is 24.9 Å². The Hall–Kier alpha value is -0.410. The first-order valence-electron chi connectivity index (χ1n) is 6.46. The Morgan fingerprint density at radius 3 is 2.88 bits per heavy atom. The van der Waals surface area contributed by atoms with E-state index in [-0.39, 0.29) is 0 Å². The van der Waals surface area contributed by atoms with Gasteiger partial charge in [-0.1, -0.05) is 32.1 Å². The van der Waals surface area contributed by atoms with Crippen molar-refractivity contribution in [2.45, 2.75) is 52.0 Å². The van der Waals surface area contributed by atoms with Crippen LogP contribution in [0.25, 0.3) is 0 Å². The van der Waals surface area contributed by atoms with Crippen LogP contribution in [0.15, 0.2) is 5.38 Å². The number of aromatic nitrogens is 1. The lowest BCUT2D eigenvalue weighted by molar-refractivity contribution is 0.334. The third kappa shape index (κ3) is 3.87. The van der Waals surface area contributed by atoms with Gasteiger partial charge in [-0.15, -0.1) is 11.3 Å². The highest BCUT2D eigenvalue weighted by Gasteiger charge is 2.12. The van der Waals surface area contributed by atoms with Crippen LogP contribution in [0.2, 0.25) is 0 Å². The summed E-state index contributed by atoms with van der Waals surface area (Å²) >= 11 is 1.76. The molecular weight excluding hydrogens is 216 g/mol. The van der Waals surface area contributed by atoms with Gasteiger partial charge in [-0.3, -0.25) is 0 Å². The SMILES string of the molecule is Cc1csc(CNCCC2CCCCC2)n1. The molecule has 1 aliphatic rings. The van der Waals surface area contributed by atoms with E-state index in [0.29, 0.717) is 0 Å². The summed E-state index contributed by atoms with van der Waals surface area (Å²) in [7, 11) is 0. The van der Waals surface area contributed by atoms with Gasteiger partial charge in [0.2, 0.25) is 0 Å². The van der Waals surface area contributed by atoms with Crippen LogP contribution < -0.4 is 5.32 Å². The second-order valence-corrected chi connectivity index (χ2v) is 5.79. The normalized spacial score (nSPS) is 17.8. The third-order valence-corrected chi connectivity index (χ3v) is 4.36. The molecule has 16 heavy (non-hydrogen) atoms. The van der Waals surface area contributed by atoms with Gasteiger partial charge in [-0.25, -0.2) is 4.98 Å². The Morgan fingerprint density at radius 2 is 2.19 bits per heavy atom. The van der Waals surface area contributed by atoms with Crippen molar-refractivity contribution in [2.24, 2.45) is 5.92 Å². The monoisotopic (exact) mass is 238 g/mol. The fourth-order valence-electron chi connectivity index (χ4n) is 2.46. The molecule has 2 rings (SSSR count). The molecule has 2 nitrogen and oxygen atoms in total. The van der Waals surface area contributed by atoms with E-state index in [0.717, 1.165) is 24.7 Å². The second kappa shape index (κ2) is 6.36. The fraction of sp³-hybridized carbons (Fsp3) is 0.769. The highest BCUT2D eigenvalue weighted by Crippen LogP contribution is 2.25. The molecule has 0 radical (unpaired) electrons. The third-order valence-electron chi connectivity index (χ3n) is 3.40. The molecule has 0 unspecified atom stereocenters. The standard InChI is InChI=1S/C13H22N2S/c1-11-10-16-13(15-11)9-14-8-7-12-5-3-2-4-6-12/h10,12,14H,2-9H2,1H3. The fourth-order valence-corrected chi connectivity index (χ4v) is 3.20. The van der Waals surface area contributed by atoms with Gasteiger partial charge in [0.05, 0.1) is 0 Å². The highest BCUT2D eigenvalue weighted by atomic mass is 32.1. The molecule has 1 N–H and O–H groups in total. The number of nitrogens with zero attached hydrogens (tertiary/aromatic N) is 1. The van der Waals surface area contributed by atoms with E-state index in [2.05, 4.69) is 22.6 Å². The lowest BCUT2D eigenvalue weighted by atomic mass is 9.87. The van der Waals surface area contributed by atoms with E-state index in [1.165, 1.54) is 43.5 Å². The quantitative estimate of drug-likeness (QED) is 0.794. The zero-order chi connectivity index (χ0) is 11.2. The van der Waals surface area contributed by atoms with E-state index in [1.54, 1.807) is 11.3 Å². The van der Waals surface area contributed by atoms with Crippen LogP contribution >= 0.6 is 11.3 Å². The number of aryl methyl sites for hydroxylation is 1. The van der Waals surface area contributed by atoms with Crippen LogP contribution in [0.5, 0.6) is 0 Å². The molecule has 0 bridgehead atoms. The van der Waals surface area contributed by atoms with Crippen LogP contribution in [0.3, 0.4) is 0 Å². The van der Waals surface area contributed by atoms with E-state index >= 15 is 0 Å². The average Bonchev–Trinajstić information content (AvgIpc) is 2.72. The molecule has 1 aromatic rings. The summed E-state index contributed by atoms with van der Waals surface area (Å²) in [6.07, 6.45) is 8.63. The van der Waals surface area contributed by atoms with Crippen molar-refractivity contribution in [1.82, 2.24) is 10.3 Å². The number of rotatable bonds is 5. The maximum atomic E-state index is 4.45. The van der Waals surface area contributed by atoms with Crippen molar-refractivity contribution in [2.75, 3.05) is 6.54 Å². The Bertz CT molecular complexity index is 303. The largest absolute Gasteiger partial charge is 0.310 e. The van der Waals surface area contributed by atoms with E-state index in [4.69, 9.17) is 0 Å². The van der Waals surface area contributed by atoms with Crippen molar-refractivity contribution in [3.05, 3.63) is 16.1 Å². The van der Waals surface area contributed by atoms with Crippen molar-refractivity contribution < 1.29 is 0 Å². The predicted octanol–water partition coefficient (Wildman–Crippen LogP) is 3.51. The Morgan fingerprint density at radius 1 is 1.38 bits per heavy atom. The molecule has 0 spiro atoms. The average molecular weight is 238 g/mol. The smallest absolute Gasteiger partial charge is 0.107 e. The summed E-state index contributed by atoms with van der Waals surface area (Å²) in [4.78, 5) is 4.45. The Kier molecular flexibility index (Phi) is 4.79. The molecule has 1 aromatic heterocycles. The van der Waals surface area contributed by atoms with Gasteiger partial charge in [-0.05, 0) is 25.8 Å². The molecule has 3 heteroatoms. The van der Waals surface area contributed by atoms with Gasteiger partial charge < -0.3 is 5.32 Å². The summed E-state index contributed by atoms with van der Waals surface area (Å²) in [6.45, 7) is 4.16. The first-order chi connectivity index (χ1) is 7.84. The molecule has 0 saturated heterocycles. The molecule has 0 atom stereocenters. The highest BCUT2D eigenvalue weighted by molar-refractivity contribution is 7.09. The zero-order valence-corrected chi connectivity index (χ0v) is 11.0. The first-order valence-corrected chi connectivity index (χ1v) is 7.34. The minimum absolute atomic E-state index is 0.950. The molecule has 1 fully saturated rings. The minimum Gasteiger partial charge on any atom is -0.310 e. The summed E-state index contributed by atoms with van der Waals surface area (Å²) < 4.78 is 0. The van der Waals surface area contributed by atoms with Crippen molar-refractivity contribution in [3.8, 4) is 0 Å². The number of thiazole rings is 1. The van der Waals surface area contributed by atoms with Crippen molar-refractivity contribution in [3.63, 3.8) is 0 Å². The van der Waals surface area contributed by atoms with Gasteiger partial charge in [0.25, 0.3) is 0 Å². The van der Waals surface area contributed by atoms with Gasteiger partial charge in [0, 0.05) is 17.6 Å². The van der Waals surface area contributed by atoms with E-state index < -0.39 is 0 Å². The molecule has 90 valence electrons. The molecule has 1 saturated carbocycles. The van der Waals surface area contributed by atoms with Crippen molar-refractivity contribution in [1.29, 1.82) is 0 Å². The lowest BCUT2D eigenvalue weighted by Crippen LogP contribution is -2.19. The van der Waals surface area contributed by atoms with Crippen molar-refractivity contribution >= 4 is 11.3 Å². The van der Waals surface area contributed by atoms with Crippen LogP contribution in [0.4, 0.5) is 0 Å². The minimum atomic E-state index is 0.950. The van der Waals surface area contributed by atoms with Gasteiger partial charge in [0.1, 0.15) is 5.01 Å². The number of hydrogen-bond donors (Lipinski definition) is 1. The van der Waals surface area contributed by atoms with E-state index in [1.807, 2.05) is 0 Å². The molecule has 0 aliphatic heterocycles. The van der Waals surface area contributed by atoms with Crippen LogP contribution in [-0.4, -0.2) is 11.5 Å². The zero-order valence-electron chi connectivity index (χ0n) is 10.2. The maximum Gasteiger partial charge on any atom is 0.107 e.